The smallest absolute Gasteiger partial charge is 0.410 e. The summed E-state index contributed by atoms with van der Waals surface area (Å²) in [6.07, 6.45) is 4.28. The summed E-state index contributed by atoms with van der Waals surface area (Å²) >= 11 is 0. The predicted molar refractivity (Wildman–Crippen MR) is 87.5 cm³/mol. The molecule has 0 aromatic heterocycles. The molecule has 5 nitrogen and oxygen atoms in total. The van der Waals surface area contributed by atoms with Gasteiger partial charge in [-0.25, -0.2) is 4.79 Å². The molecule has 0 saturated heterocycles. The van der Waals surface area contributed by atoms with Crippen molar-refractivity contribution in [3.63, 3.8) is 0 Å². The van der Waals surface area contributed by atoms with E-state index in [1.165, 1.54) is 12.8 Å². The van der Waals surface area contributed by atoms with Crippen LogP contribution in [0.2, 0.25) is 0 Å². The zero-order valence-corrected chi connectivity index (χ0v) is 14.9. The number of hydrogen-bond donors (Lipinski definition) is 1. The van der Waals surface area contributed by atoms with Gasteiger partial charge in [0.15, 0.2) is 0 Å². The molecule has 0 aromatic carbocycles. The molecule has 0 aliphatic heterocycles. The van der Waals surface area contributed by atoms with E-state index >= 15 is 0 Å². The van der Waals surface area contributed by atoms with Crippen LogP contribution in [-0.4, -0.2) is 40.8 Å². The minimum absolute atomic E-state index is 0.339. The van der Waals surface area contributed by atoms with Gasteiger partial charge in [0.05, 0.1) is 12.6 Å². The minimum atomic E-state index is -0.540. The van der Waals surface area contributed by atoms with Crippen LogP contribution >= 0.6 is 0 Å². The van der Waals surface area contributed by atoms with Gasteiger partial charge in [-0.05, 0) is 54.4 Å². The number of nitriles is 1. The van der Waals surface area contributed by atoms with Gasteiger partial charge < -0.3 is 9.64 Å². The normalized spacial score (nSPS) is 17.9. The zero-order chi connectivity index (χ0) is 17.0. The highest BCUT2D eigenvalue weighted by Gasteiger charge is 2.33. The van der Waals surface area contributed by atoms with E-state index in [2.05, 4.69) is 11.4 Å². The van der Waals surface area contributed by atoms with Crippen molar-refractivity contribution in [2.24, 2.45) is 0 Å². The second kappa shape index (κ2) is 7.32. The molecule has 1 amide bonds. The van der Waals surface area contributed by atoms with E-state index < -0.39 is 11.1 Å². The molecule has 0 heterocycles. The molecule has 0 spiro atoms. The average Bonchev–Trinajstić information content (AvgIpc) is 2.83. The molecule has 1 fully saturated rings. The van der Waals surface area contributed by atoms with Crippen molar-refractivity contribution in [2.75, 3.05) is 6.54 Å². The maximum atomic E-state index is 12.5. The second-order valence-electron chi connectivity index (χ2n) is 8.09. The monoisotopic (exact) mass is 309 g/mol. The predicted octanol–water partition coefficient (Wildman–Crippen LogP) is 3.45. The number of nitrogens with zero attached hydrogens (tertiary/aromatic N) is 2. The molecule has 1 unspecified atom stereocenters. The van der Waals surface area contributed by atoms with Crippen LogP contribution in [0.15, 0.2) is 0 Å². The van der Waals surface area contributed by atoms with Gasteiger partial charge in [-0.15, -0.1) is 0 Å². The van der Waals surface area contributed by atoms with Gasteiger partial charge >= 0.3 is 6.09 Å². The van der Waals surface area contributed by atoms with Crippen molar-refractivity contribution in [2.45, 2.75) is 90.4 Å². The number of amides is 1. The lowest BCUT2D eigenvalue weighted by Gasteiger charge is -2.38. The fourth-order valence-corrected chi connectivity index (χ4v) is 2.63. The van der Waals surface area contributed by atoms with Gasteiger partial charge in [0.1, 0.15) is 11.6 Å². The van der Waals surface area contributed by atoms with Crippen molar-refractivity contribution in [1.29, 1.82) is 5.26 Å². The Morgan fingerprint density at radius 2 is 1.82 bits per heavy atom. The summed E-state index contributed by atoms with van der Waals surface area (Å²) in [6, 6.07) is 2.32. The lowest BCUT2D eigenvalue weighted by atomic mass is 10.1. The summed E-state index contributed by atoms with van der Waals surface area (Å²) in [4.78, 5) is 14.1. The molecule has 22 heavy (non-hydrogen) atoms. The van der Waals surface area contributed by atoms with Crippen LogP contribution in [0, 0.1) is 11.3 Å². The Morgan fingerprint density at radius 3 is 2.23 bits per heavy atom. The summed E-state index contributed by atoms with van der Waals surface area (Å²) in [5.74, 6) is 0. The second-order valence-corrected chi connectivity index (χ2v) is 8.09. The minimum Gasteiger partial charge on any atom is -0.444 e. The van der Waals surface area contributed by atoms with Crippen LogP contribution in [0.5, 0.6) is 0 Å². The third kappa shape index (κ3) is 6.23. The number of rotatable bonds is 4. The molecular formula is C17H31N3O2. The maximum Gasteiger partial charge on any atom is 0.410 e. The summed E-state index contributed by atoms with van der Waals surface area (Å²) < 4.78 is 5.49. The molecule has 5 heteroatoms. The molecule has 1 aliphatic carbocycles. The lowest BCUT2D eigenvalue weighted by Crippen LogP contribution is -2.54. The zero-order valence-electron chi connectivity index (χ0n) is 14.9. The standard InChI is InChI=1S/C17H31N3O2/c1-16(2,3)20(15(21)22-17(4,5)6)12-14(11-18)19-13-9-7-8-10-13/h13-14,19H,7-10,12H2,1-6H3. The van der Waals surface area contributed by atoms with Crippen LogP contribution in [-0.2, 0) is 4.74 Å². The van der Waals surface area contributed by atoms with Crippen LogP contribution in [0.3, 0.4) is 0 Å². The van der Waals surface area contributed by atoms with E-state index in [1.54, 1.807) is 4.90 Å². The molecule has 0 bridgehead atoms. The van der Waals surface area contributed by atoms with E-state index in [0.717, 1.165) is 12.8 Å². The first-order valence-corrected chi connectivity index (χ1v) is 8.19. The average molecular weight is 309 g/mol. The molecular weight excluding hydrogens is 278 g/mol. The molecule has 1 N–H and O–H groups in total. The molecule has 126 valence electrons. The van der Waals surface area contributed by atoms with Crippen molar-refractivity contribution >= 4 is 6.09 Å². The maximum absolute atomic E-state index is 12.5. The van der Waals surface area contributed by atoms with Gasteiger partial charge in [-0.1, -0.05) is 12.8 Å². The van der Waals surface area contributed by atoms with E-state index in [4.69, 9.17) is 4.74 Å². The summed E-state index contributed by atoms with van der Waals surface area (Å²) in [6.45, 7) is 11.8. The highest BCUT2D eigenvalue weighted by molar-refractivity contribution is 5.69. The highest BCUT2D eigenvalue weighted by atomic mass is 16.6. The molecule has 1 rings (SSSR count). The number of ether oxygens (including phenoxy) is 1. The van der Waals surface area contributed by atoms with Crippen LogP contribution in [0.25, 0.3) is 0 Å². The van der Waals surface area contributed by atoms with Gasteiger partial charge in [0, 0.05) is 11.6 Å². The van der Waals surface area contributed by atoms with Gasteiger partial charge in [0.2, 0.25) is 0 Å². The molecule has 1 atom stereocenters. The first kappa shape index (κ1) is 18.8. The number of carbonyl (C=O) groups is 1. The largest absolute Gasteiger partial charge is 0.444 e. The summed E-state index contributed by atoms with van der Waals surface area (Å²) in [5, 5.41) is 12.8. The first-order chi connectivity index (χ1) is 10.0. The van der Waals surface area contributed by atoms with E-state index in [9.17, 15) is 10.1 Å². The Bertz CT molecular complexity index is 409. The summed E-state index contributed by atoms with van der Waals surface area (Å²) in [7, 11) is 0. The first-order valence-electron chi connectivity index (χ1n) is 8.19. The van der Waals surface area contributed by atoms with Crippen molar-refractivity contribution in [3.8, 4) is 6.07 Å². The van der Waals surface area contributed by atoms with Gasteiger partial charge in [0.25, 0.3) is 0 Å². The molecule has 0 radical (unpaired) electrons. The SMILES string of the molecule is CC(C)(C)OC(=O)N(CC(C#N)NC1CCCC1)C(C)(C)C. The Labute approximate surface area is 135 Å². The Morgan fingerprint density at radius 1 is 1.27 bits per heavy atom. The van der Waals surface area contributed by atoms with E-state index in [-0.39, 0.29) is 12.1 Å². The van der Waals surface area contributed by atoms with E-state index in [0.29, 0.717) is 12.6 Å². The Hall–Kier alpha value is -1.28. The Kier molecular flexibility index (Phi) is 6.25. The Balaban J connectivity index is 2.74. The van der Waals surface area contributed by atoms with Crippen molar-refractivity contribution < 1.29 is 9.53 Å². The molecule has 0 aromatic rings. The third-order valence-electron chi connectivity index (χ3n) is 3.74. The fraction of sp³-hybridized carbons (Fsp3) is 0.882. The van der Waals surface area contributed by atoms with Gasteiger partial charge in [-0.2, -0.15) is 5.26 Å². The number of hydrogen-bond acceptors (Lipinski definition) is 4. The molecule has 1 aliphatic rings. The number of carbonyl (C=O) groups excluding carboxylic acids is 1. The highest BCUT2D eigenvalue weighted by Crippen LogP contribution is 2.21. The fourth-order valence-electron chi connectivity index (χ4n) is 2.63. The summed E-state index contributed by atoms with van der Waals surface area (Å²) in [5.41, 5.74) is -0.934. The van der Waals surface area contributed by atoms with Crippen LogP contribution < -0.4 is 5.32 Å². The topological polar surface area (TPSA) is 65.4 Å². The molecule has 1 saturated carbocycles. The van der Waals surface area contributed by atoms with Crippen LogP contribution in [0.4, 0.5) is 4.79 Å². The quantitative estimate of drug-likeness (QED) is 0.864. The van der Waals surface area contributed by atoms with Crippen LogP contribution in [0.1, 0.15) is 67.2 Å². The third-order valence-corrected chi connectivity index (χ3v) is 3.74. The van der Waals surface area contributed by atoms with Crippen molar-refractivity contribution in [1.82, 2.24) is 10.2 Å². The lowest BCUT2D eigenvalue weighted by molar-refractivity contribution is 0.00482. The number of nitrogens with one attached hydrogen (secondary N) is 1. The van der Waals surface area contributed by atoms with Crippen molar-refractivity contribution in [3.05, 3.63) is 0 Å². The van der Waals surface area contributed by atoms with E-state index in [1.807, 2.05) is 41.5 Å². The van der Waals surface area contributed by atoms with Gasteiger partial charge in [-0.3, -0.25) is 5.32 Å².